The third kappa shape index (κ3) is 5.77. The molecule has 6 nitrogen and oxygen atoms in total. The number of nitrogens with one attached hydrogen (secondary N) is 3. The quantitative estimate of drug-likeness (QED) is 0.568. The lowest BCUT2D eigenvalue weighted by Gasteiger charge is -2.16. The highest BCUT2D eigenvalue weighted by atomic mass is 32.1. The highest BCUT2D eigenvalue weighted by Crippen LogP contribution is 2.28. The predicted molar refractivity (Wildman–Crippen MR) is 90.2 cm³/mol. The van der Waals surface area contributed by atoms with Gasteiger partial charge in [0.25, 0.3) is 5.91 Å². The Hall–Kier alpha value is -2.02. The molecule has 0 spiro atoms. The molecular formula is C15H23N3O3S. The van der Waals surface area contributed by atoms with E-state index in [1.165, 1.54) is 7.11 Å². The maximum absolute atomic E-state index is 12.1. The van der Waals surface area contributed by atoms with E-state index in [1.807, 2.05) is 27.7 Å². The molecule has 0 bridgehead atoms. The summed E-state index contributed by atoms with van der Waals surface area (Å²) < 4.78 is 10.9. The van der Waals surface area contributed by atoms with E-state index in [1.54, 1.807) is 18.2 Å². The van der Waals surface area contributed by atoms with Crippen molar-refractivity contribution >= 4 is 23.2 Å². The van der Waals surface area contributed by atoms with Gasteiger partial charge in [-0.3, -0.25) is 15.6 Å². The molecule has 1 rings (SSSR count). The minimum absolute atomic E-state index is 0.0229. The fourth-order valence-corrected chi connectivity index (χ4v) is 1.93. The standard InChI is InChI=1S/C15H23N3O3S/c1-9(2)16-15(22)18-17-14(19)11-6-7-12(21-10(3)4)13(8-11)20-5/h6-10H,1-5H3,(H,17,19)(H2,16,18,22). The van der Waals surface area contributed by atoms with Crippen LogP contribution in [0.4, 0.5) is 0 Å². The molecule has 0 aromatic heterocycles. The Labute approximate surface area is 136 Å². The summed E-state index contributed by atoms with van der Waals surface area (Å²) in [5, 5.41) is 3.32. The van der Waals surface area contributed by atoms with Gasteiger partial charge in [0.1, 0.15) is 0 Å². The predicted octanol–water partition coefficient (Wildman–Crippen LogP) is 2.00. The first-order chi connectivity index (χ1) is 10.3. The molecule has 1 aromatic rings. The number of hydrogen-bond donors (Lipinski definition) is 3. The highest BCUT2D eigenvalue weighted by Gasteiger charge is 2.12. The molecule has 1 aromatic carbocycles. The van der Waals surface area contributed by atoms with Gasteiger partial charge < -0.3 is 14.8 Å². The molecule has 22 heavy (non-hydrogen) atoms. The summed E-state index contributed by atoms with van der Waals surface area (Å²) in [4.78, 5) is 12.1. The molecule has 7 heteroatoms. The van der Waals surface area contributed by atoms with Crippen LogP contribution < -0.4 is 25.6 Å². The summed E-state index contributed by atoms with van der Waals surface area (Å²) in [6.45, 7) is 7.75. The van der Waals surface area contributed by atoms with Crippen molar-refractivity contribution in [2.24, 2.45) is 0 Å². The monoisotopic (exact) mass is 325 g/mol. The van der Waals surface area contributed by atoms with Crippen molar-refractivity contribution in [1.29, 1.82) is 0 Å². The van der Waals surface area contributed by atoms with Gasteiger partial charge in [0.15, 0.2) is 16.6 Å². The van der Waals surface area contributed by atoms with Crippen LogP contribution in [0.2, 0.25) is 0 Å². The first-order valence-electron chi connectivity index (χ1n) is 7.05. The van der Waals surface area contributed by atoms with Crippen molar-refractivity contribution in [3.8, 4) is 11.5 Å². The third-order valence-corrected chi connectivity index (χ3v) is 2.72. The lowest BCUT2D eigenvalue weighted by Crippen LogP contribution is -2.48. The number of hydrogen-bond acceptors (Lipinski definition) is 4. The molecule has 0 aliphatic heterocycles. The molecule has 0 aliphatic rings. The van der Waals surface area contributed by atoms with E-state index in [0.29, 0.717) is 22.2 Å². The van der Waals surface area contributed by atoms with Crippen molar-refractivity contribution in [2.45, 2.75) is 39.8 Å². The summed E-state index contributed by atoms with van der Waals surface area (Å²) in [5.41, 5.74) is 5.61. The molecule has 0 radical (unpaired) electrons. The SMILES string of the molecule is COc1cc(C(=O)NNC(=S)NC(C)C)ccc1OC(C)C. The zero-order valence-corrected chi connectivity index (χ0v) is 14.3. The Morgan fingerprint density at radius 1 is 1.14 bits per heavy atom. The Balaban J connectivity index is 2.71. The lowest BCUT2D eigenvalue weighted by atomic mass is 10.2. The van der Waals surface area contributed by atoms with Crippen LogP contribution in [0.15, 0.2) is 18.2 Å². The third-order valence-electron chi connectivity index (χ3n) is 2.50. The van der Waals surface area contributed by atoms with Crippen molar-refractivity contribution in [1.82, 2.24) is 16.2 Å². The molecular weight excluding hydrogens is 302 g/mol. The second-order valence-electron chi connectivity index (χ2n) is 5.24. The number of thiocarbonyl (C=S) groups is 1. The molecule has 3 N–H and O–H groups in total. The Morgan fingerprint density at radius 3 is 2.36 bits per heavy atom. The smallest absolute Gasteiger partial charge is 0.269 e. The molecule has 0 atom stereocenters. The fourth-order valence-electron chi connectivity index (χ4n) is 1.64. The van der Waals surface area contributed by atoms with Gasteiger partial charge in [-0.15, -0.1) is 0 Å². The Kier molecular flexibility index (Phi) is 6.91. The summed E-state index contributed by atoms with van der Waals surface area (Å²) in [6, 6.07) is 5.17. The molecule has 122 valence electrons. The summed E-state index contributed by atoms with van der Waals surface area (Å²) in [6.07, 6.45) is 0.0229. The van der Waals surface area contributed by atoms with E-state index >= 15 is 0 Å². The Morgan fingerprint density at radius 2 is 1.82 bits per heavy atom. The minimum atomic E-state index is -0.317. The number of hydrazine groups is 1. The van der Waals surface area contributed by atoms with Gasteiger partial charge in [0.05, 0.1) is 13.2 Å². The maximum Gasteiger partial charge on any atom is 0.269 e. The van der Waals surface area contributed by atoms with Gasteiger partial charge in [0, 0.05) is 11.6 Å². The van der Waals surface area contributed by atoms with Crippen molar-refractivity contribution in [3.63, 3.8) is 0 Å². The number of benzene rings is 1. The van der Waals surface area contributed by atoms with Gasteiger partial charge in [-0.1, -0.05) is 0 Å². The van der Waals surface area contributed by atoms with Crippen LogP contribution in [0.3, 0.4) is 0 Å². The maximum atomic E-state index is 12.1. The molecule has 1 amide bonds. The molecule has 0 heterocycles. The number of amides is 1. The van der Waals surface area contributed by atoms with Gasteiger partial charge in [-0.05, 0) is 58.1 Å². The average Bonchev–Trinajstić information content (AvgIpc) is 2.43. The molecule has 0 fully saturated rings. The van der Waals surface area contributed by atoms with Crippen molar-refractivity contribution in [2.75, 3.05) is 7.11 Å². The van der Waals surface area contributed by atoms with E-state index in [2.05, 4.69) is 16.2 Å². The second kappa shape index (κ2) is 8.43. The van der Waals surface area contributed by atoms with E-state index in [9.17, 15) is 4.79 Å². The molecule has 0 saturated carbocycles. The van der Waals surface area contributed by atoms with Crippen LogP contribution in [0.25, 0.3) is 0 Å². The zero-order valence-electron chi connectivity index (χ0n) is 13.5. The molecule has 0 unspecified atom stereocenters. The zero-order chi connectivity index (χ0) is 16.7. The number of carbonyl (C=O) groups excluding carboxylic acids is 1. The summed E-state index contributed by atoms with van der Waals surface area (Å²) in [5.74, 6) is 0.783. The first kappa shape index (κ1) is 18.0. The van der Waals surface area contributed by atoms with E-state index in [-0.39, 0.29) is 18.1 Å². The lowest BCUT2D eigenvalue weighted by molar-refractivity contribution is 0.0943. The van der Waals surface area contributed by atoms with Crippen molar-refractivity contribution in [3.05, 3.63) is 23.8 Å². The number of rotatable bonds is 5. The fraction of sp³-hybridized carbons (Fsp3) is 0.467. The second-order valence-corrected chi connectivity index (χ2v) is 5.65. The van der Waals surface area contributed by atoms with Gasteiger partial charge in [0.2, 0.25) is 0 Å². The molecule has 0 saturated heterocycles. The van der Waals surface area contributed by atoms with E-state index < -0.39 is 0 Å². The van der Waals surface area contributed by atoms with Gasteiger partial charge >= 0.3 is 0 Å². The number of methoxy groups -OCH3 is 1. The Bertz CT molecular complexity index is 533. The topological polar surface area (TPSA) is 71.6 Å². The normalized spacial score (nSPS) is 10.3. The first-order valence-corrected chi connectivity index (χ1v) is 7.45. The minimum Gasteiger partial charge on any atom is -0.493 e. The van der Waals surface area contributed by atoms with Crippen LogP contribution in [0, 0.1) is 0 Å². The van der Waals surface area contributed by atoms with Crippen molar-refractivity contribution < 1.29 is 14.3 Å². The highest BCUT2D eigenvalue weighted by molar-refractivity contribution is 7.80. The number of ether oxygens (including phenoxy) is 2. The summed E-state index contributed by atoms with van der Waals surface area (Å²) >= 11 is 5.03. The van der Waals surface area contributed by atoms with Crippen LogP contribution in [-0.2, 0) is 0 Å². The van der Waals surface area contributed by atoms with Gasteiger partial charge in [-0.25, -0.2) is 0 Å². The van der Waals surface area contributed by atoms with Crippen LogP contribution >= 0.6 is 12.2 Å². The largest absolute Gasteiger partial charge is 0.493 e. The summed E-state index contributed by atoms with van der Waals surface area (Å²) in [7, 11) is 1.53. The number of carbonyl (C=O) groups is 1. The van der Waals surface area contributed by atoms with E-state index in [4.69, 9.17) is 21.7 Å². The molecule has 0 aliphatic carbocycles. The van der Waals surface area contributed by atoms with E-state index in [0.717, 1.165) is 0 Å². The van der Waals surface area contributed by atoms with Gasteiger partial charge in [-0.2, -0.15) is 0 Å². The van der Waals surface area contributed by atoms with Crippen LogP contribution in [-0.4, -0.2) is 30.3 Å². The average molecular weight is 325 g/mol. The van der Waals surface area contributed by atoms with Crippen LogP contribution in [0.1, 0.15) is 38.1 Å². The van der Waals surface area contributed by atoms with Crippen LogP contribution in [0.5, 0.6) is 11.5 Å².